The molecule has 0 spiro atoms. The minimum Gasteiger partial charge on any atom is -0.354 e. The molecular weight excluding hydrogens is 314 g/mol. The van der Waals surface area contributed by atoms with E-state index in [1.165, 1.54) is 6.20 Å². The molecule has 1 aliphatic rings. The van der Waals surface area contributed by atoms with Gasteiger partial charge in [0.1, 0.15) is 6.07 Å². The van der Waals surface area contributed by atoms with Gasteiger partial charge in [-0.05, 0) is 24.7 Å². The largest absolute Gasteiger partial charge is 0.354 e. The number of hydrogen-bond donors (Lipinski definition) is 1. The molecule has 2 heterocycles. The summed E-state index contributed by atoms with van der Waals surface area (Å²) in [6, 6.07) is 2.06. The molecule has 0 bridgehead atoms. The van der Waals surface area contributed by atoms with Crippen LogP contribution in [0.5, 0.6) is 0 Å². The molecule has 1 aliphatic heterocycles. The van der Waals surface area contributed by atoms with Crippen LogP contribution in [0.25, 0.3) is 0 Å². The molecular formula is C15H23N5O2S. The van der Waals surface area contributed by atoms with Crippen LogP contribution in [0.3, 0.4) is 0 Å². The predicted octanol–water partition coefficient (Wildman–Crippen LogP) is 1.14. The van der Waals surface area contributed by atoms with Crippen molar-refractivity contribution in [2.45, 2.75) is 26.7 Å². The number of anilines is 1. The van der Waals surface area contributed by atoms with E-state index in [-0.39, 0.29) is 11.7 Å². The number of piperidine rings is 1. The Morgan fingerprint density at radius 3 is 2.61 bits per heavy atom. The topological polar surface area (TPSA) is 99.0 Å². The zero-order valence-electron chi connectivity index (χ0n) is 13.6. The molecule has 7 nitrogen and oxygen atoms in total. The lowest BCUT2D eigenvalue weighted by Gasteiger charge is -2.32. The van der Waals surface area contributed by atoms with E-state index in [0.717, 1.165) is 25.9 Å². The Kier molecular flexibility index (Phi) is 5.91. The summed E-state index contributed by atoms with van der Waals surface area (Å²) in [4.78, 5) is 10.3. The summed E-state index contributed by atoms with van der Waals surface area (Å²) >= 11 is 0. The van der Waals surface area contributed by atoms with Crippen LogP contribution in [0, 0.1) is 23.2 Å². The minimum absolute atomic E-state index is 0.121. The summed E-state index contributed by atoms with van der Waals surface area (Å²) in [5, 5.41) is 9.09. The molecule has 0 saturated carbocycles. The second-order valence-corrected chi connectivity index (χ2v) is 8.15. The third-order valence-corrected chi connectivity index (χ3v) is 5.56. The van der Waals surface area contributed by atoms with Crippen LogP contribution in [-0.4, -0.2) is 43.8 Å². The summed E-state index contributed by atoms with van der Waals surface area (Å²) < 4.78 is 26.5. The SMILES string of the molecule is CC(C)CS(=O)(=O)NCC1CCN(c2nccnc2C#N)CC1. The Balaban J connectivity index is 1.86. The fourth-order valence-corrected chi connectivity index (χ4v) is 4.22. The van der Waals surface area contributed by atoms with Crippen molar-refractivity contribution in [3.05, 3.63) is 18.1 Å². The molecule has 126 valence electrons. The van der Waals surface area contributed by atoms with Gasteiger partial charge in [0, 0.05) is 32.0 Å². The number of sulfonamides is 1. The van der Waals surface area contributed by atoms with Crippen LogP contribution in [0.15, 0.2) is 12.4 Å². The van der Waals surface area contributed by atoms with Crippen LogP contribution < -0.4 is 9.62 Å². The van der Waals surface area contributed by atoms with Gasteiger partial charge in [-0.2, -0.15) is 5.26 Å². The molecule has 0 aromatic carbocycles. The Hall–Kier alpha value is -1.72. The van der Waals surface area contributed by atoms with Gasteiger partial charge >= 0.3 is 0 Å². The monoisotopic (exact) mass is 337 g/mol. The van der Waals surface area contributed by atoms with Crippen LogP contribution in [0.2, 0.25) is 0 Å². The first-order valence-corrected chi connectivity index (χ1v) is 9.50. The van der Waals surface area contributed by atoms with Crippen molar-refractivity contribution in [3.63, 3.8) is 0 Å². The number of hydrogen-bond acceptors (Lipinski definition) is 6. The first-order chi connectivity index (χ1) is 10.9. The first-order valence-electron chi connectivity index (χ1n) is 7.84. The van der Waals surface area contributed by atoms with Crippen LogP contribution in [0.1, 0.15) is 32.4 Å². The molecule has 0 aliphatic carbocycles. The van der Waals surface area contributed by atoms with E-state index in [0.29, 0.717) is 24.0 Å². The van der Waals surface area contributed by atoms with E-state index in [9.17, 15) is 8.42 Å². The molecule has 0 radical (unpaired) electrons. The van der Waals surface area contributed by atoms with Crippen molar-refractivity contribution in [1.29, 1.82) is 5.26 Å². The van der Waals surface area contributed by atoms with E-state index in [4.69, 9.17) is 5.26 Å². The zero-order valence-corrected chi connectivity index (χ0v) is 14.4. The Morgan fingerprint density at radius 1 is 1.35 bits per heavy atom. The maximum Gasteiger partial charge on any atom is 0.211 e. The summed E-state index contributed by atoms with van der Waals surface area (Å²) in [6.07, 6.45) is 4.83. The van der Waals surface area contributed by atoms with Crippen molar-refractivity contribution in [1.82, 2.24) is 14.7 Å². The fourth-order valence-electron chi connectivity index (χ4n) is 2.73. The lowest BCUT2D eigenvalue weighted by Crippen LogP contribution is -2.40. The fraction of sp³-hybridized carbons (Fsp3) is 0.667. The van der Waals surface area contributed by atoms with Gasteiger partial charge in [0.15, 0.2) is 11.5 Å². The summed E-state index contributed by atoms with van der Waals surface area (Å²) in [5.74, 6) is 1.22. The highest BCUT2D eigenvalue weighted by molar-refractivity contribution is 7.89. The third kappa shape index (κ3) is 5.15. The molecule has 1 N–H and O–H groups in total. The van der Waals surface area contributed by atoms with Gasteiger partial charge in [0.05, 0.1) is 5.75 Å². The molecule has 1 fully saturated rings. The molecule has 8 heteroatoms. The van der Waals surface area contributed by atoms with E-state index in [1.54, 1.807) is 6.20 Å². The van der Waals surface area contributed by atoms with E-state index < -0.39 is 10.0 Å². The molecule has 0 amide bonds. The van der Waals surface area contributed by atoms with E-state index >= 15 is 0 Å². The number of rotatable bonds is 6. The second kappa shape index (κ2) is 7.70. The van der Waals surface area contributed by atoms with Crippen molar-refractivity contribution < 1.29 is 8.42 Å². The number of nitrogens with one attached hydrogen (secondary N) is 1. The predicted molar refractivity (Wildman–Crippen MR) is 88.3 cm³/mol. The maximum absolute atomic E-state index is 11.9. The molecule has 23 heavy (non-hydrogen) atoms. The van der Waals surface area contributed by atoms with Gasteiger partial charge in [-0.3, -0.25) is 0 Å². The smallest absolute Gasteiger partial charge is 0.211 e. The van der Waals surface area contributed by atoms with Gasteiger partial charge in [-0.15, -0.1) is 0 Å². The maximum atomic E-state index is 11.9. The lowest BCUT2D eigenvalue weighted by atomic mass is 9.97. The Labute approximate surface area is 137 Å². The average molecular weight is 337 g/mol. The van der Waals surface area contributed by atoms with Gasteiger partial charge < -0.3 is 4.90 Å². The van der Waals surface area contributed by atoms with Crippen molar-refractivity contribution in [2.75, 3.05) is 30.3 Å². The molecule has 0 atom stereocenters. The summed E-state index contributed by atoms with van der Waals surface area (Å²) in [6.45, 7) is 5.78. The normalized spacial score (nSPS) is 16.5. The number of nitriles is 1. The molecule has 1 aromatic rings. The van der Waals surface area contributed by atoms with Gasteiger partial charge in [-0.25, -0.2) is 23.1 Å². The highest BCUT2D eigenvalue weighted by Gasteiger charge is 2.23. The lowest BCUT2D eigenvalue weighted by molar-refractivity contribution is 0.400. The minimum atomic E-state index is -3.19. The number of aromatic nitrogens is 2. The standard InChI is InChI=1S/C15H23N5O2S/c1-12(2)11-23(21,22)19-10-13-3-7-20(8-4-13)15-14(9-16)17-5-6-18-15/h5-6,12-13,19H,3-4,7-8,10-11H2,1-2H3. The Morgan fingerprint density at radius 2 is 2.00 bits per heavy atom. The van der Waals surface area contributed by atoms with Gasteiger partial charge in [0.2, 0.25) is 10.0 Å². The van der Waals surface area contributed by atoms with E-state index in [2.05, 4.69) is 20.8 Å². The quantitative estimate of drug-likeness (QED) is 0.836. The zero-order chi connectivity index (χ0) is 16.9. The van der Waals surface area contributed by atoms with Gasteiger partial charge in [0.25, 0.3) is 0 Å². The second-order valence-electron chi connectivity index (χ2n) is 6.29. The van der Waals surface area contributed by atoms with Crippen molar-refractivity contribution in [2.24, 2.45) is 11.8 Å². The first kappa shape index (κ1) is 17.6. The number of nitrogens with zero attached hydrogens (tertiary/aromatic N) is 4. The van der Waals surface area contributed by atoms with Crippen LogP contribution in [-0.2, 0) is 10.0 Å². The highest BCUT2D eigenvalue weighted by atomic mass is 32.2. The highest BCUT2D eigenvalue weighted by Crippen LogP contribution is 2.23. The third-order valence-electron chi connectivity index (χ3n) is 3.84. The summed E-state index contributed by atoms with van der Waals surface area (Å²) in [7, 11) is -3.19. The molecule has 1 aromatic heterocycles. The van der Waals surface area contributed by atoms with Crippen molar-refractivity contribution >= 4 is 15.8 Å². The Bertz CT molecular complexity index is 661. The molecule has 1 saturated heterocycles. The molecule has 0 unspecified atom stereocenters. The van der Waals surface area contributed by atoms with E-state index in [1.807, 2.05) is 18.7 Å². The van der Waals surface area contributed by atoms with Crippen LogP contribution >= 0.6 is 0 Å². The average Bonchev–Trinajstić information content (AvgIpc) is 2.52. The van der Waals surface area contributed by atoms with Crippen molar-refractivity contribution in [3.8, 4) is 6.07 Å². The van der Waals surface area contributed by atoms with Crippen LogP contribution in [0.4, 0.5) is 5.82 Å². The molecule has 2 rings (SSSR count). The van der Waals surface area contributed by atoms with Gasteiger partial charge in [-0.1, -0.05) is 13.8 Å². The summed E-state index contributed by atoms with van der Waals surface area (Å²) in [5.41, 5.74) is 0.337.